The summed E-state index contributed by atoms with van der Waals surface area (Å²) in [6, 6.07) is -1.95. The number of amides is 1. The molecule has 8 heteroatoms. The molecule has 0 aromatic heterocycles. The molecular formula is C11H16F3NO4. The highest BCUT2D eigenvalue weighted by molar-refractivity contribution is 5.83. The summed E-state index contributed by atoms with van der Waals surface area (Å²) in [5, 5.41) is 10.5. The van der Waals surface area contributed by atoms with Crippen LogP contribution >= 0.6 is 0 Å². The topological polar surface area (TPSA) is 75.6 Å². The minimum absolute atomic E-state index is 0.109. The number of nitrogens with one attached hydrogen (secondary N) is 1. The highest BCUT2D eigenvalue weighted by Gasteiger charge is 2.36. The number of carboxylic acids is 1. The fourth-order valence-electron chi connectivity index (χ4n) is 1.86. The second-order valence-electron chi connectivity index (χ2n) is 4.47. The van der Waals surface area contributed by atoms with Crippen molar-refractivity contribution in [2.45, 2.75) is 50.4 Å². The third kappa shape index (κ3) is 6.42. The zero-order chi connectivity index (χ0) is 14.5. The maximum atomic E-state index is 12.1. The lowest BCUT2D eigenvalue weighted by molar-refractivity contribution is -0.160. The Kier molecular flexibility index (Phi) is 5.59. The average molecular weight is 283 g/mol. The van der Waals surface area contributed by atoms with Crippen molar-refractivity contribution in [1.29, 1.82) is 0 Å². The molecule has 0 aromatic carbocycles. The fraction of sp³-hybridized carbons (Fsp3) is 0.818. The predicted octanol–water partition coefficient (Wildman–Crippen LogP) is 1.47. The van der Waals surface area contributed by atoms with E-state index in [-0.39, 0.29) is 12.5 Å². The van der Waals surface area contributed by atoms with Crippen LogP contribution in [0.2, 0.25) is 0 Å². The maximum Gasteiger partial charge on any atom is 0.391 e. The summed E-state index contributed by atoms with van der Waals surface area (Å²) in [7, 11) is 0. The second-order valence-corrected chi connectivity index (χ2v) is 4.47. The SMILES string of the molecule is O=C(CC1CCCCO1)NC(CC(F)(F)F)C(=O)O. The number of rotatable bonds is 5. The van der Waals surface area contributed by atoms with Crippen LogP contribution in [0.15, 0.2) is 0 Å². The number of aliphatic carboxylic acids is 1. The van der Waals surface area contributed by atoms with Crippen molar-refractivity contribution in [1.82, 2.24) is 5.32 Å². The van der Waals surface area contributed by atoms with Crippen LogP contribution in [-0.2, 0) is 14.3 Å². The maximum absolute atomic E-state index is 12.1. The minimum Gasteiger partial charge on any atom is -0.480 e. The van der Waals surface area contributed by atoms with Gasteiger partial charge in [-0.2, -0.15) is 13.2 Å². The number of carbonyl (C=O) groups is 2. The van der Waals surface area contributed by atoms with Gasteiger partial charge in [-0.1, -0.05) is 0 Å². The van der Waals surface area contributed by atoms with E-state index in [0.29, 0.717) is 13.0 Å². The van der Waals surface area contributed by atoms with Crippen LogP contribution in [0.3, 0.4) is 0 Å². The van der Waals surface area contributed by atoms with E-state index < -0.39 is 30.5 Å². The third-order valence-electron chi connectivity index (χ3n) is 2.76. The summed E-state index contributed by atoms with van der Waals surface area (Å²) in [5.41, 5.74) is 0. The van der Waals surface area contributed by atoms with E-state index in [1.165, 1.54) is 0 Å². The third-order valence-corrected chi connectivity index (χ3v) is 2.76. The highest BCUT2D eigenvalue weighted by Crippen LogP contribution is 2.22. The first-order valence-corrected chi connectivity index (χ1v) is 5.98. The smallest absolute Gasteiger partial charge is 0.391 e. The van der Waals surface area contributed by atoms with Crippen molar-refractivity contribution >= 4 is 11.9 Å². The molecule has 1 rings (SSSR count). The molecule has 19 heavy (non-hydrogen) atoms. The normalized spacial score (nSPS) is 21.7. The van der Waals surface area contributed by atoms with Crippen LogP contribution in [0.25, 0.3) is 0 Å². The Bertz CT molecular complexity index is 326. The Morgan fingerprint density at radius 3 is 2.53 bits per heavy atom. The van der Waals surface area contributed by atoms with Gasteiger partial charge in [-0.3, -0.25) is 4.79 Å². The van der Waals surface area contributed by atoms with Crippen LogP contribution in [-0.4, -0.2) is 41.9 Å². The molecule has 1 aliphatic heterocycles. The zero-order valence-corrected chi connectivity index (χ0v) is 10.2. The van der Waals surface area contributed by atoms with Crippen LogP contribution < -0.4 is 5.32 Å². The molecule has 0 spiro atoms. The molecule has 1 saturated heterocycles. The van der Waals surface area contributed by atoms with Gasteiger partial charge in [-0.15, -0.1) is 0 Å². The standard InChI is InChI=1S/C11H16F3NO4/c12-11(13,14)6-8(10(17)18)15-9(16)5-7-3-1-2-4-19-7/h7-8H,1-6H2,(H,15,16)(H,17,18). The van der Waals surface area contributed by atoms with Crippen molar-refractivity contribution < 1.29 is 32.6 Å². The molecule has 2 N–H and O–H groups in total. The van der Waals surface area contributed by atoms with Gasteiger partial charge in [0.2, 0.25) is 5.91 Å². The summed E-state index contributed by atoms with van der Waals surface area (Å²) >= 11 is 0. The van der Waals surface area contributed by atoms with Crippen LogP contribution in [0, 0.1) is 0 Å². The van der Waals surface area contributed by atoms with Gasteiger partial charge in [0.05, 0.1) is 18.9 Å². The molecule has 0 saturated carbocycles. The first-order valence-electron chi connectivity index (χ1n) is 5.98. The number of hydrogen-bond acceptors (Lipinski definition) is 3. The quantitative estimate of drug-likeness (QED) is 0.801. The number of halogens is 3. The van der Waals surface area contributed by atoms with Crippen LogP contribution in [0.4, 0.5) is 13.2 Å². The van der Waals surface area contributed by atoms with Crippen LogP contribution in [0.1, 0.15) is 32.1 Å². The first-order chi connectivity index (χ1) is 8.78. The van der Waals surface area contributed by atoms with E-state index in [2.05, 4.69) is 0 Å². The monoisotopic (exact) mass is 283 g/mol. The van der Waals surface area contributed by atoms with E-state index in [4.69, 9.17) is 9.84 Å². The molecule has 2 unspecified atom stereocenters. The van der Waals surface area contributed by atoms with Crippen molar-refractivity contribution in [3.05, 3.63) is 0 Å². The Labute approximate surface area is 108 Å². The Hall–Kier alpha value is -1.31. The molecule has 0 bridgehead atoms. The molecule has 0 aliphatic carbocycles. The average Bonchev–Trinajstić information content (AvgIpc) is 2.27. The van der Waals surface area contributed by atoms with Crippen molar-refractivity contribution in [3.63, 3.8) is 0 Å². The molecule has 0 aromatic rings. The van der Waals surface area contributed by atoms with Crippen molar-refractivity contribution in [3.8, 4) is 0 Å². The second kappa shape index (κ2) is 6.74. The number of carbonyl (C=O) groups excluding carboxylic acids is 1. The molecule has 110 valence electrons. The largest absolute Gasteiger partial charge is 0.480 e. The minimum atomic E-state index is -4.64. The van der Waals surface area contributed by atoms with Crippen LogP contribution in [0.5, 0.6) is 0 Å². The summed E-state index contributed by atoms with van der Waals surface area (Å²) in [4.78, 5) is 22.1. The number of carboxylic acid groups (broad SMARTS) is 1. The van der Waals surface area contributed by atoms with E-state index in [1.807, 2.05) is 5.32 Å². The Morgan fingerprint density at radius 2 is 2.05 bits per heavy atom. The zero-order valence-electron chi connectivity index (χ0n) is 10.2. The molecular weight excluding hydrogens is 267 g/mol. The van der Waals surface area contributed by atoms with E-state index in [1.54, 1.807) is 0 Å². The summed E-state index contributed by atoms with van der Waals surface area (Å²) in [6.07, 6.45) is -4.23. The number of alkyl halides is 3. The van der Waals surface area contributed by atoms with E-state index in [0.717, 1.165) is 12.8 Å². The van der Waals surface area contributed by atoms with Crippen molar-refractivity contribution in [2.24, 2.45) is 0 Å². The molecule has 5 nitrogen and oxygen atoms in total. The molecule has 1 fully saturated rings. The Balaban J connectivity index is 2.44. The van der Waals surface area contributed by atoms with E-state index >= 15 is 0 Å². The van der Waals surface area contributed by atoms with Gasteiger partial charge in [-0.25, -0.2) is 4.79 Å². The summed E-state index contributed by atoms with van der Waals surface area (Å²) < 4.78 is 41.7. The highest BCUT2D eigenvalue weighted by atomic mass is 19.4. The van der Waals surface area contributed by atoms with Gasteiger partial charge >= 0.3 is 12.1 Å². The van der Waals surface area contributed by atoms with E-state index in [9.17, 15) is 22.8 Å². The molecule has 0 radical (unpaired) electrons. The predicted molar refractivity (Wildman–Crippen MR) is 58.4 cm³/mol. The van der Waals surface area contributed by atoms with Gasteiger partial charge in [-0.05, 0) is 19.3 Å². The van der Waals surface area contributed by atoms with Gasteiger partial charge < -0.3 is 15.2 Å². The van der Waals surface area contributed by atoms with Gasteiger partial charge in [0.1, 0.15) is 6.04 Å². The lowest BCUT2D eigenvalue weighted by atomic mass is 10.1. The van der Waals surface area contributed by atoms with Gasteiger partial charge in [0.25, 0.3) is 0 Å². The Morgan fingerprint density at radius 1 is 1.37 bits per heavy atom. The summed E-state index contributed by atoms with van der Waals surface area (Å²) in [6.45, 7) is 0.517. The van der Waals surface area contributed by atoms with Gasteiger partial charge in [0.15, 0.2) is 0 Å². The molecule has 2 atom stereocenters. The lowest BCUT2D eigenvalue weighted by Gasteiger charge is -2.23. The van der Waals surface area contributed by atoms with Gasteiger partial charge in [0, 0.05) is 6.61 Å². The fourth-order valence-corrected chi connectivity index (χ4v) is 1.86. The molecule has 1 heterocycles. The molecule has 1 amide bonds. The summed E-state index contributed by atoms with van der Waals surface area (Å²) in [5.74, 6) is -2.43. The van der Waals surface area contributed by atoms with Crippen molar-refractivity contribution in [2.75, 3.05) is 6.61 Å². The molecule has 1 aliphatic rings. The lowest BCUT2D eigenvalue weighted by Crippen LogP contribution is -2.44. The first kappa shape index (κ1) is 15.7. The number of ether oxygens (including phenoxy) is 1. The number of hydrogen-bond donors (Lipinski definition) is 2.